The summed E-state index contributed by atoms with van der Waals surface area (Å²) in [6.07, 6.45) is 5.22. The number of aromatic amines is 1. The molecule has 62 valence electrons. The maximum absolute atomic E-state index is 3.78. The summed E-state index contributed by atoms with van der Waals surface area (Å²) >= 11 is 2.16. The summed E-state index contributed by atoms with van der Waals surface area (Å²) in [6, 6.07) is 7.62. The van der Waals surface area contributed by atoms with Crippen molar-refractivity contribution in [3.05, 3.63) is 46.6 Å². The van der Waals surface area contributed by atoms with Crippen molar-refractivity contribution in [2.75, 3.05) is 0 Å². The van der Waals surface area contributed by atoms with E-state index in [1.807, 2.05) is 24.3 Å². The van der Waals surface area contributed by atoms with Crippen LogP contribution in [0.5, 0.6) is 0 Å². The zero-order valence-corrected chi connectivity index (χ0v) is 8.47. The van der Waals surface area contributed by atoms with E-state index >= 15 is 0 Å². The highest BCUT2D eigenvalue weighted by atomic mass is 127. The molecule has 2 rings (SSSR count). The second-order valence-corrected chi connectivity index (χ2v) is 3.09. The molecule has 2 heterocycles. The van der Waals surface area contributed by atoms with Gasteiger partial charge in [0.05, 0.1) is 3.70 Å². The molecule has 2 aromatic rings. The lowest BCUT2D eigenvalue weighted by atomic mass is 10.5. The number of hydrogen-bond donors (Lipinski definition) is 1. The van der Waals surface area contributed by atoms with Gasteiger partial charge in [-0.3, -0.25) is 10.1 Å². The number of pyridine rings is 1. The molecule has 0 aromatic carbocycles. The molecule has 3 nitrogen and oxygen atoms in total. The Morgan fingerprint density at radius 1 is 1.08 bits per heavy atom. The van der Waals surface area contributed by atoms with Gasteiger partial charge in [0.2, 0.25) is 0 Å². The summed E-state index contributed by atoms with van der Waals surface area (Å²) in [4.78, 5) is 3.78. The van der Waals surface area contributed by atoms with Crippen LogP contribution in [0.4, 0.5) is 0 Å². The first-order valence-corrected chi connectivity index (χ1v) is 4.47. The van der Waals surface area contributed by atoms with Gasteiger partial charge in [0.15, 0.2) is 0 Å². The molecule has 0 fully saturated rings. The molecule has 0 atom stereocenters. The average Bonchev–Trinajstić information content (AvgIpc) is 2.60. The molecule has 12 heavy (non-hydrogen) atoms. The number of rotatable bonds is 0. The SMILES string of the molecule is Ic1ccn[nH]1.c1ccncc1. The summed E-state index contributed by atoms with van der Waals surface area (Å²) in [5, 5.41) is 6.43. The quantitative estimate of drug-likeness (QED) is 0.747. The molecule has 0 amide bonds. The highest BCUT2D eigenvalue weighted by molar-refractivity contribution is 14.1. The maximum Gasteiger partial charge on any atom is 0.0957 e. The Balaban J connectivity index is 0.000000120. The van der Waals surface area contributed by atoms with Gasteiger partial charge in [-0.1, -0.05) is 6.07 Å². The van der Waals surface area contributed by atoms with Crippen LogP contribution in [-0.2, 0) is 0 Å². The van der Waals surface area contributed by atoms with E-state index in [2.05, 4.69) is 37.8 Å². The standard InChI is InChI=1S/C5H5N.C3H3IN2/c1-2-4-6-5-3-1;4-3-1-2-5-6-3/h1-5H;1-2H,(H,5,6). The van der Waals surface area contributed by atoms with E-state index in [9.17, 15) is 0 Å². The number of nitrogens with one attached hydrogen (secondary N) is 1. The minimum Gasteiger partial charge on any atom is -0.272 e. The van der Waals surface area contributed by atoms with Crippen LogP contribution < -0.4 is 0 Å². The predicted molar refractivity (Wildman–Crippen MR) is 55.5 cm³/mol. The van der Waals surface area contributed by atoms with Crippen molar-refractivity contribution in [3.63, 3.8) is 0 Å². The molecular formula is C8H8IN3. The van der Waals surface area contributed by atoms with Crippen LogP contribution in [0.15, 0.2) is 42.9 Å². The van der Waals surface area contributed by atoms with Crippen LogP contribution in [0.2, 0.25) is 0 Å². The molecule has 0 radical (unpaired) electrons. The van der Waals surface area contributed by atoms with E-state index in [0.29, 0.717) is 0 Å². The number of hydrogen-bond acceptors (Lipinski definition) is 2. The molecule has 4 heteroatoms. The lowest BCUT2D eigenvalue weighted by Crippen LogP contribution is -1.63. The van der Waals surface area contributed by atoms with Gasteiger partial charge in [-0.15, -0.1) is 0 Å². The summed E-state index contributed by atoms with van der Waals surface area (Å²) in [6.45, 7) is 0. The molecule has 1 N–H and O–H groups in total. The number of H-pyrrole nitrogens is 1. The Labute approximate surface area is 84.4 Å². The van der Waals surface area contributed by atoms with E-state index in [1.54, 1.807) is 18.6 Å². The first-order chi connectivity index (χ1) is 5.89. The van der Waals surface area contributed by atoms with Gasteiger partial charge in [0.1, 0.15) is 0 Å². The second kappa shape index (κ2) is 5.70. The third kappa shape index (κ3) is 4.07. The smallest absolute Gasteiger partial charge is 0.0957 e. The number of halogens is 1. The molecule has 0 spiro atoms. The summed E-state index contributed by atoms with van der Waals surface area (Å²) in [5.41, 5.74) is 0. The van der Waals surface area contributed by atoms with Crippen LogP contribution in [0.1, 0.15) is 0 Å². The number of aromatic nitrogens is 3. The first-order valence-electron chi connectivity index (χ1n) is 3.39. The molecular weight excluding hydrogens is 265 g/mol. The monoisotopic (exact) mass is 273 g/mol. The van der Waals surface area contributed by atoms with Crippen LogP contribution in [0, 0.1) is 3.70 Å². The highest BCUT2D eigenvalue weighted by Gasteiger charge is 1.76. The Bertz CT molecular complexity index is 254. The normalized spacial score (nSPS) is 8.42. The minimum absolute atomic E-state index is 1.08. The summed E-state index contributed by atoms with van der Waals surface area (Å²) in [7, 11) is 0. The van der Waals surface area contributed by atoms with E-state index in [1.165, 1.54) is 0 Å². The lowest BCUT2D eigenvalue weighted by Gasteiger charge is -1.70. The van der Waals surface area contributed by atoms with Crippen molar-refractivity contribution in [1.82, 2.24) is 15.2 Å². The van der Waals surface area contributed by atoms with Crippen molar-refractivity contribution in [2.45, 2.75) is 0 Å². The molecule has 0 aliphatic rings. The van der Waals surface area contributed by atoms with Gasteiger partial charge >= 0.3 is 0 Å². The van der Waals surface area contributed by atoms with Gasteiger partial charge < -0.3 is 0 Å². The predicted octanol–water partition coefficient (Wildman–Crippen LogP) is 2.10. The third-order valence-corrected chi connectivity index (χ3v) is 1.63. The van der Waals surface area contributed by atoms with E-state index in [4.69, 9.17) is 0 Å². The average molecular weight is 273 g/mol. The fourth-order valence-electron chi connectivity index (χ4n) is 0.552. The second-order valence-electron chi connectivity index (χ2n) is 1.93. The summed E-state index contributed by atoms with van der Waals surface area (Å²) in [5.74, 6) is 0. The first kappa shape index (κ1) is 9.18. The molecule has 0 aliphatic heterocycles. The molecule has 0 bridgehead atoms. The van der Waals surface area contributed by atoms with Crippen LogP contribution in [0.25, 0.3) is 0 Å². The maximum atomic E-state index is 3.78. The Kier molecular flexibility index (Phi) is 4.36. The Hall–Kier alpha value is -0.910. The largest absolute Gasteiger partial charge is 0.272 e. The van der Waals surface area contributed by atoms with Crippen molar-refractivity contribution >= 4 is 22.6 Å². The minimum atomic E-state index is 1.08. The van der Waals surface area contributed by atoms with Crippen molar-refractivity contribution in [1.29, 1.82) is 0 Å². The molecule has 0 saturated heterocycles. The topological polar surface area (TPSA) is 41.6 Å². The van der Waals surface area contributed by atoms with Crippen molar-refractivity contribution in [2.24, 2.45) is 0 Å². The van der Waals surface area contributed by atoms with Crippen LogP contribution in [0.3, 0.4) is 0 Å². The zero-order chi connectivity index (χ0) is 8.65. The third-order valence-electron chi connectivity index (χ3n) is 1.03. The highest BCUT2D eigenvalue weighted by Crippen LogP contribution is 1.93. The van der Waals surface area contributed by atoms with Gasteiger partial charge in [-0.05, 0) is 40.8 Å². The Morgan fingerprint density at radius 3 is 2.00 bits per heavy atom. The van der Waals surface area contributed by atoms with Gasteiger partial charge in [0, 0.05) is 18.6 Å². The fourth-order valence-corrected chi connectivity index (χ4v) is 0.852. The molecule has 2 aromatic heterocycles. The van der Waals surface area contributed by atoms with Crippen LogP contribution >= 0.6 is 22.6 Å². The molecule has 0 aliphatic carbocycles. The van der Waals surface area contributed by atoms with E-state index < -0.39 is 0 Å². The zero-order valence-electron chi connectivity index (χ0n) is 6.31. The summed E-state index contributed by atoms with van der Waals surface area (Å²) < 4.78 is 1.08. The van der Waals surface area contributed by atoms with Crippen molar-refractivity contribution in [3.8, 4) is 0 Å². The fraction of sp³-hybridized carbons (Fsp3) is 0. The van der Waals surface area contributed by atoms with Gasteiger partial charge in [0.25, 0.3) is 0 Å². The lowest BCUT2D eigenvalue weighted by molar-refractivity contribution is 1.07. The van der Waals surface area contributed by atoms with Gasteiger partial charge in [-0.25, -0.2) is 0 Å². The Morgan fingerprint density at radius 2 is 1.83 bits per heavy atom. The van der Waals surface area contributed by atoms with Crippen molar-refractivity contribution < 1.29 is 0 Å². The molecule has 0 saturated carbocycles. The number of nitrogens with zero attached hydrogens (tertiary/aromatic N) is 2. The van der Waals surface area contributed by atoms with E-state index in [0.717, 1.165) is 3.70 Å². The van der Waals surface area contributed by atoms with Gasteiger partial charge in [-0.2, -0.15) is 5.10 Å². The molecule has 0 unspecified atom stereocenters. The van der Waals surface area contributed by atoms with E-state index in [-0.39, 0.29) is 0 Å². The van der Waals surface area contributed by atoms with Crippen LogP contribution in [-0.4, -0.2) is 15.2 Å².